The van der Waals surface area contributed by atoms with E-state index in [1.165, 1.54) is 30.6 Å². The predicted molar refractivity (Wildman–Crippen MR) is 90.3 cm³/mol. The van der Waals surface area contributed by atoms with Crippen LogP contribution in [0.15, 0.2) is 6.20 Å². The van der Waals surface area contributed by atoms with Gasteiger partial charge in [-0.2, -0.15) is 0 Å². The first kappa shape index (κ1) is 17.3. The molecule has 1 aliphatic rings. The first-order chi connectivity index (χ1) is 10.4. The Balaban J connectivity index is 1.99. The molecule has 1 atom stereocenters. The number of alkyl carbamates (subject to hydrolysis) is 1. The van der Waals surface area contributed by atoms with Crippen LogP contribution >= 0.6 is 11.3 Å². The van der Waals surface area contributed by atoms with E-state index in [2.05, 4.69) is 17.2 Å². The number of nitrogens with one attached hydrogen (secondary N) is 1. The van der Waals surface area contributed by atoms with Gasteiger partial charge < -0.3 is 10.1 Å². The van der Waals surface area contributed by atoms with Gasteiger partial charge >= 0.3 is 6.09 Å². The van der Waals surface area contributed by atoms with Crippen molar-refractivity contribution >= 4 is 17.4 Å². The molecule has 1 amide bonds. The fourth-order valence-electron chi connectivity index (χ4n) is 2.32. The summed E-state index contributed by atoms with van der Waals surface area (Å²) in [4.78, 5) is 18.0. The third-order valence-corrected chi connectivity index (χ3v) is 4.88. The second-order valence-electron chi connectivity index (χ2n) is 7.07. The van der Waals surface area contributed by atoms with Gasteiger partial charge in [0.1, 0.15) is 10.6 Å². The minimum Gasteiger partial charge on any atom is -0.444 e. The normalized spacial score (nSPS) is 16.4. The molecule has 0 bridgehead atoms. The average molecular weight is 324 g/mol. The number of thiazole rings is 1. The molecule has 22 heavy (non-hydrogen) atoms. The number of ether oxygens (including phenoxy) is 1. The summed E-state index contributed by atoms with van der Waals surface area (Å²) in [5.74, 6) is 0.712. The quantitative estimate of drug-likeness (QED) is 0.704. The van der Waals surface area contributed by atoms with E-state index in [1.54, 1.807) is 11.3 Å². The van der Waals surface area contributed by atoms with E-state index in [0.29, 0.717) is 5.92 Å². The summed E-state index contributed by atoms with van der Waals surface area (Å²) in [6.45, 7) is 7.83. The molecule has 1 unspecified atom stereocenters. The Hall–Kier alpha value is -1.10. The first-order valence-corrected chi connectivity index (χ1v) is 9.16. The second-order valence-corrected chi connectivity index (χ2v) is 8.16. The Labute approximate surface area is 137 Å². The molecule has 0 spiro atoms. The number of hydrogen-bond acceptors (Lipinski definition) is 4. The van der Waals surface area contributed by atoms with Crippen molar-refractivity contribution < 1.29 is 9.53 Å². The molecule has 0 radical (unpaired) electrons. The Bertz CT molecular complexity index is 489. The topological polar surface area (TPSA) is 51.2 Å². The SMILES string of the molecule is CCCCCC(NC(=O)OC(C)(C)C)c1ncc(C2CC2)s1. The van der Waals surface area contributed by atoms with Gasteiger partial charge in [-0.3, -0.25) is 0 Å². The van der Waals surface area contributed by atoms with Crippen molar-refractivity contribution in [2.75, 3.05) is 0 Å². The largest absolute Gasteiger partial charge is 0.444 e. The molecule has 0 saturated heterocycles. The van der Waals surface area contributed by atoms with E-state index < -0.39 is 5.60 Å². The monoisotopic (exact) mass is 324 g/mol. The van der Waals surface area contributed by atoms with E-state index in [4.69, 9.17) is 4.74 Å². The summed E-state index contributed by atoms with van der Waals surface area (Å²) in [6.07, 6.45) is 8.56. The number of nitrogens with zero attached hydrogens (tertiary/aromatic N) is 1. The lowest BCUT2D eigenvalue weighted by Gasteiger charge is -2.22. The zero-order valence-electron chi connectivity index (χ0n) is 14.1. The average Bonchev–Trinajstić information content (AvgIpc) is 3.14. The van der Waals surface area contributed by atoms with Crippen molar-refractivity contribution in [2.45, 2.75) is 83.8 Å². The molecule has 124 valence electrons. The van der Waals surface area contributed by atoms with E-state index in [-0.39, 0.29) is 12.1 Å². The molecule has 2 rings (SSSR count). The van der Waals surface area contributed by atoms with Crippen molar-refractivity contribution in [1.29, 1.82) is 0 Å². The van der Waals surface area contributed by atoms with Crippen molar-refractivity contribution in [3.63, 3.8) is 0 Å². The standard InChI is InChI=1S/C17H28N2O2S/c1-5-6-7-8-13(19-16(20)21-17(2,3)4)15-18-11-14(22-15)12-9-10-12/h11-13H,5-10H2,1-4H3,(H,19,20). The third-order valence-electron chi connectivity index (χ3n) is 3.61. The minimum atomic E-state index is -0.472. The molecular weight excluding hydrogens is 296 g/mol. The van der Waals surface area contributed by atoms with Gasteiger partial charge in [-0.05, 0) is 46.0 Å². The highest BCUT2D eigenvalue weighted by molar-refractivity contribution is 7.11. The maximum atomic E-state index is 12.1. The van der Waals surface area contributed by atoms with E-state index >= 15 is 0 Å². The van der Waals surface area contributed by atoms with Crippen LogP contribution in [-0.2, 0) is 4.74 Å². The Morgan fingerprint density at radius 2 is 2.18 bits per heavy atom. The molecule has 4 nitrogen and oxygen atoms in total. The van der Waals surface area contributed by atoms with Gasteiger partial charge in [0.15, 0.2) is 0 Å². The Kier molecular flexibility index (Phi) is 5.84. The smallest absolute Gasteiger partial charge is 0.408 e. The molecule has 1 fully saturated rings. The fraction of sp³-hybridized carbons (Fsp3) is 0.765. The minimum absolute atomic E-state index is 0.0288. The fourth-order valence-corrected chi connectivity index (χ4v) is 3.50. The van der Waals surface area contributed by atoms with Gasteiger partial charge in [-0.25, -0.2) is 9.78 Å². The number of rotatable bonds is 7. The third kappa shape index (κ3) is 5.59. The molecule has 1 N–H and O–H groups in total. The summed E-state index contributed by atoms with van der Waals surface area (Å²) < 4.78 is 5.39. The van der Waals surface area contributed by atoms with Crippen molar-refractivity contribution in [2.24, 2.45) is 0 Å². The zero-order valence-corrected chi connectivity index (χ0v) is 15.0. The van der Waals surface area contributed by atoms with Gasteiger partial charge in [0.2, 0.25) is 0 Å². The van der Waals surface area contributed by atoms with Crippen LogP contribution < -0.4 is 5.32 Å². The van der Waals surface area contributed by atoms with Crippen LogP contribution in [-0.4, -0.2) is 16.7 Å². The van der Waals surface area contributed by atoms with Crippen LogP contribution in [0.2, 0.25) is 0 Å². The van der Waals surface area contributed by atoms with Crippen LogP contribution in [0, 0.1) is 0 Å². The van der Waals surface area contributed by atoms with Crippen LogP contribution in [0.4, 0.5) is 4.79 Å². The molecule has 1 aliphatic carbocycles. The lowest BCUT2D eigenvalue weighted by Crippen LogP contribution is -2.35. The highest BCUT2D eigenvalue weighted by Gasteiger charge is 2.28. The predicted octanol–water partition coefficient (Wildman–Crippen LogP) is 5.17. The van der Waals surface area contributed by atoms with Crippen LogP contribution in [0.25, 0.3) is 0 Å². The number of aromatic nitrogens is 1. The molecular formula is C17H28N2O2S. The molecule has 1 saturated carbocycles. The zero-order chi connectivity index (χ0) is 16.2. The van der Waals surface area contributed by atoms with E-state index in [0.717, 1.165) is 17.8 Å². The molecule has 0 aliphatic heterocycles. The maximum Gasteiger partial charge on any atom is 0.408 e. The van der Waals surface area contributed by atoms with Gasteiger partial charge in [-0.1, -0.05) is 26.2 Å². The number of hydrogen-bond donors (Lipinski definition) is 1. The Morgan fingerprint density at radius 3 is 2.77 bits per heavy atom. The van der Waals surface area contributed by atoms with Crippen molar-refractivity contribution in [1.82, 2.24) is 10.3 Å². The summed E-state index contributed by atoms with van der Waals surface area (Å²) >= 11 is 1.75. The van der Waals surface area contributed by atoms with Gasteiger partial charge in [0.25, 0.3) is 0 Å². The number of carbonyl (C=O) groups excluding carboxylic acids is 1. The first-order valence-electron chi connectivity index (χ1n) is 8.34. The lowest BCUT2D eigenvalue weighted by atomic mass is 10.1. The van der Waals surface area contributed by atoms with Crippen LogP contribution in [0.3, 0.4) is 0 Å². The number of carbonyl (C=O) groups is 1. The summed E-state index contributed by atoms with van der Waals surface area (Å²) in [6, 6.07) is -0.0288. The van der Waals surface area contributed by atoms with Crippen LogP contribution in [0.1, 0.15) is 88.1 Å². The summed E-state index contributed by atoms with van der Waals surface area (Å²) in [5, 5.41) is 4.03. The van der Waals surface area contributed by atoms with Gasteiger partial charge in [0, 0.05) is 11.1 Å². The number of unbranched alkanes of at least 4 members (excludes halogenated alkanes) is 2. The maximum absolute atomic E-state index is 12.1. The lowest BCUT2D eigenvalue weighted by molar-refractivity contribution is 0.0500. The molecule has 1 aromatic rings. The van der Waals surface area contributed by atoms with Gasteiger partial charge in [-0.15, -0.1) is 11.3 Å². The highest BCUT2D eigenvalue weighted by atomic mass is 32.1. The van der Waals surface area contributed by atoms with E-state index in [1.807, 2.05) is 27.0 Å². The van der Waals surface area contributed by atoms with Crippen molar-refractivity contribution in [3.8, 4) is 0 Å². The highest BCUT2D eigenvalue weighted by Crippen LogP contribution is 2.43. The van der Waals surface area contributed by atoms with Crippen LogP contribution in [0.5, 0.6) is 0 Å². The second kappa shape index (κ2) is 7.44. The molecule has 0 aromatic carbocycles. The molecule has 1 aromatic heterocycles. The molecule has 5 heteroatoms. The van der Waals surface area contributed by atoms with Gasteiger partial charge in [0.05, 0.1) is 6.04 Å². The summed E-state index contributed by atoms with van der Waals surface area (Å²) in [5.41, 5.74) is -0.472. The number of amides is 1. The molecule has 1 heterocycles. The van der Waals surface area contributed by atoms with Crippen molar-refractivity contribution in [3.05, 3.63) is 16.1 Å². The summed E-state index contributed by atoms with van der Waals surface area (Å²) in [7, 11) is 0. The van der Waals surface area contributed by atoms with E-state index in [9.17, 15) is 4.79 Å². The Morgan fingerprint density at radius 1 is 1.45 bits per heavy atom.